The van der Waals surface area contributed by atoms with Crippen LogP contribution in [0.15, 0.2) is 18.2 Å². The van der Waals surface area contributed by atoms with E-state index in [0.29, 0.717) is 17.3 Å². The second-order valence-electron chi connectivity index (χ2n) is 2.85. The van der Waals surface area contributed by atoms with Crippen molar-refractivity contribution in [1.82, 2.24) is 0 Å². The van der Waals surface area contributed by atoms with Crippen LogP contribution in [0.25, 0.3) is 0 Å². The fraction of sp³-hybridized carbons (Fsp3) is 0.300. The number of halogens is 1. The van der Waals surface area contributed by atoms with Crippen LogP contribution in [-0.4, -0.2) is 6.10 Å². The van der Waals surface area contributed by atoms with Gasteiger partial charge in [-0.3, -0.25) is 0 Å². The molecular weight excluding hydrogens is 200 g/mol. The number of nitrogens with zero attached hydrogens (tertiary/aromatic N) is 1. The molecule has 0 heterocycles. The van der Waals surface area contributed by atoms with Crippen molar-refractivity contribution in [2.24, 2.45) is 5.73 Å². The Bertz CT molecular complexity index is 360. The number of hydrogen-bond acceptors (Lipinski definition) is 3. The highest BCUT2D eigenvalue weighted by atomic mass is 35.5. The number of rotatable bonds is 3. The van der Waals surface area contributed by atoms with Crippen LogP contribution in [0.3, 0.4) is 0 Å². The van der Waals surface area contributed by atoms with Crippen LogP contribution in [0, 0.1) is 11.3 Å². The predicted molar refractivity (Wildman–Crippen MR) is 55.0 cm³/mol. The van der Waals surface area contributed by atoms with Crippen LogP contribution < -0.4 is 10.5 Å². The molecule has 0 aliphatic heterocycles. The van der Waals surface area contributed by atoms with E-state index in [0.717, 1.165) is 5.56 Å². The SMILES string of the molecule is CC(C#N)Oc1ccc(Cl)cc1CN. The lowest BCUT2D eigenvalue weighted by Crippen LogP contribution is -2.11. The maximum atomic E-state index is 8.58. The predicted octanol–water partition coefficient (Wildman–Crippen LogP) is 2.09. The Balaban J connectivity index is 2.92. The van der Waals surface area contributed by atoms with Crippen LogP contribution in [0.5, 0.6) is 5.75 Å². The molecule has 0 aromatic heterocycles. The van der Waals surface area contributed by atoms with Crippen molar-refractivity contribution < 1.29 is 4.74 Å². The van der Waals surface area contributed by atoms with Gasteiger partial charge in [-0.1, -0.05) is 11.6 Å². The quantitative estimate of drug-likeness (QED) is 0.831. The molecule has 14 heavy (non-hydrogen) atoms. The summed E-state index contributed by atoms with van der Waals surface area (Å²) in [6.45, 7) is 2.02. The van der Waals surface area contributed by atoms with E-state index >= 15 is 0 Å². The third-order valence-corrected chi connectivity index (χ3v) is 1.96. The Morgan fingerprint density at radius 3 is 2.93 bits per heavy atom. The largest absolute Gasteiger partial charge is 0.476 e. The average Bonchev–Trinajstić information content (AvgIpc) is 2.20. The van der Waals surface area contributed by atoms with E-state index in [1.54, 1.807) is 25.1 Å². The van der Waals surface area contributed by atoms with Crippen LogP contribution in [0.1, 0.15) is 12.5 Å². The Morgan fingerprint density at radius 1 is 1.64 bits per heavy atom. The summed E-state index contributed by atoms with van der Waals surface area (Å²) in [7, 11) is 0. The number of hydrogen-bond donors (Lipinski definition) is 1. The van der Waals surface area contributed by atoms with Gasteiger partial charge in [0.05, 0.1) is 0 Å². The summed E-state index contributed by atoms with van der Waals surface area (Å²) >= 11 is 5.79. The fourth-order valence-corrected chi connectivity index (χ4v) is 1.23. The molecule has 0 amide bonds. The normalized spacial score (nSPS) is 11.9. The lowest BCUT2D eigenvalue weighted by Gasteiger charge is -2.11. The van der Waals surface area contributed by atoms with E-state index in [4.69, 9.17) is 27.3 Å². The number of nitriles is 1. The van der Waals surface area contributed by atoms with E-state index in [2.05, 4.69) is 0 Å². The minimum atomic E-state index is -0.485. The monoisotopic (exact) mass is 210 g/mol. The van der Waals surface area contributed by atoms with Gasteiger partial charge in [0, 0.05) is 17.1 Å². The van der Waals surface area contributed by atoms with Crippen LogP contribution in [-0.2, 0) is 6.54 Å². The van der Waals surface area contributed by atoms with Gasteiger partial charge in [0.2, 0.25) is 0 Å². The Labute approximate surface area is 88.0 Å². The molecule has 2 N–H and O–H groups in total. The zero-order valence-electron chi connectivity index (χ0n) is 7.83. The Morgan fingerprint density at radius 2 is 2.36 bits per heavy atom. The zero-order chi connectivity index (χ0) is 10.6. The van der Waals surface area contributed by atoms with Crippen molar-refractivity contribution in [3.8, 4) is 11.8 Å². The van der Waals surface area contributed by atoms with Crippen molar-refractivity contribution in [3.05, 3.63) is 28.8 Å². The second kappa shape index (κ2) is 4.85. The minimum absolute atomic E-state index is 0.341. The molecular formula is C10H11ClN2O. The third-order valence-electron chi connectivity index (χ3n) is 1.73. The summed E-state index contributed by atoms with van der Waals surface area (Å²) in [6, 6.07) is 7.15. The summed E-state index contributed by atoms with van der Waals surface area (Å²) < 4.78 is 5.34. The van der Waals surface area contributed by atoms with Crippen molar-refractivity contribution >= 4 is 11.6 Å². The molecule has 74 valence electrons. The van der Waals surface area contributed by atoms with Gasteiger partial charge >= 0.3 is 0 Å². The average molecular weight is 211 g/mol. The van der Waals surface area contributed by atoms with Crippen LogP contribution in [0.4, 0.5) is 0 Å². The molecule has 1 unspecified atom stereocenters. The summed E-state index contributed by atoms with van der Waals surface area (Å²) in [5.74, 6) is 0.617. The molecule has 0 radical (unpaired) electrons. The van der Waals surface area contributed by atoms with E-state index in [-0.39, 0.29) is 0 Å². The summed E-state index contributed by atoms with van der Waals surface area (Å²) in [4.78, 5) is 0. The smallest absolute Gasteiger partial charge is 0.181 e. The molecule has 1 rings (SSSR count). The van der Waals surface area contributed by atoms with Gasteiger partial charge in [-0.05, 0) is 25.1 Å². The fourth-order valence-electron chi connectivity index (χ4n) is 1.04. The molecule has 4 heteroatoms. The van der Waals surface area contributed by atoms with Crippen LogP contribution >= 0.6 is 11.6 Å². The van der Waals surface area contributed by atoms with Crippen molar-refractivity contribution in [2.75, 3.05) is 0 Å². The highest BCUT2D eigenvalue weighted by molar-refractivity contribution is 6.30. The third kappa shape index (κ3) is 2.63. The first-order valence-electron chi connectivity index (χ1n) is 4.22. The molecule has 0 spiro atoms. The zero-order valence-corrected chi connectivity index (χ0v) is 8.58. The molecule has 0 aliphatic carbocycles. The molecule has 0 saturated carbocycles. The first-order valence-corrected chi connectivity index (χ1v) is 4.60. The number of nitrogens with two attached hydrogens (primary N) is 1. The molecule has 3 nitrogen and oxygen atoms in total. The van der Waals surface area contributed by atoms with E-state index in [9.17, 15) is 0 Å². The Kier molecular flexibility index (Phi) is 3.75. The number of benzene rings is 1. The van der Waals surface area contributed by atoms with Gasteiger partial charge in [-0.15, -0.1) is 0 Å². The topological polar surface area (TPSA) is 59.0 Å². The molecule has 0 bridgehead atoms. The van der Waals surface area contributed by atoms with E-state index in [1.807, 2.05) is 6.07 Å². The molecule has 0 aliphatic rings. The lowest BCUT2D eigenvalue weighted by atomic mass is 10.2. The van der Waals surface area contributed by atoms with Crippen molar-refractivity contribution in [1.29, 1.82) is 5.26 Å². The maximum Gasteiger partial charge on any atom is 0.181 e. The molecule has 1 aromatic rings. The van der Waals surface area contributed by atoms with Gasteiger partial charge in [0.1, 0.15) is 11.8 Å². The highest BCUT2D eigenvalue weighted by Crippen LogP contribution is 2.23. The van der Waals surface area contributed by atoms with Gasteiger partial charge in [-0.2, -0.15) is 5.26 Å². The van der Waals surface area contributed by atoms with E-state index < -0.39 is 6.10 Å². The second-order valence-corrected chi connectivity index (χ2v) is 3.28. The summed E-state index contributed by atoms with van der Waals surface area (Å²) in [6.07, 6.45) is -0.485. The molecule has 1 aromatic carbocycles. The minimum Gasteiger partial charge on any atom is -0.476 e. The van der Waals surface area contributed by atoms with Crippen LogP contribution in [0.2, 0.25) is 5.02 Å². The maximum absolute atomic E-state index is 8.58. The molecule has 0 saturated heterocycles. The summed E-state index contributed by atoms with van der Waals surface area (Å²) in [5.41, 5.74) is 6.32. The van der Waals surface area contributed by atoms with Gasteiger partial charge in [0.15, 0.2) is 6.10 Å². The van der Waals surface area contributed by atoms with Gasteiger partial charge in [0.25, 0.3) is 0 Å². The first kappa shape index (κ1) is 10.8. The Hall–Kier alpha value is -1.24. The van der Waals surface area contributed by atoms with Crippen molar-refractivity contribution in [2.45, 2.75) is 19.6 Å². The molecule has 0 fully saturated rings. The lowest BCUT2D eigenvalue weighted by molar-refractivity contribution is 0.273. The number of ether oxygens (including phenoxy) is 1. The summed E-state index contributed by atoms with van der Waals surface area (Å²) in [5, 5.41) is 9.20. The van der Waals surface area contributed by atoms with Crippen molar-refractivity contribution in [3.63, 3.8) is 0 Å². The highest BCUT2D eigenvalue weighted by Gasteiger charge is 2.06. The van der Waals surface area contributed by atoms with E-state index in [1.165, 1.54) is 0 Å². The van der Waals surface area contributed by atoms with Gasteiger partial charge < -0.3 is 10.5 Å². The first-order chi connectivity index (χ1) is 6.67. The molecule has 1 atom stereocenters. The standard InChI is InChI=1S/C10H11ClN2O/c1-7(5-12)14-10-3-2-9(11)4-8(10)6-13/h2-4,7H,6,13H2,1H3. The van der Waals surface area contributed by atoms with Gasteiger partial charge in [-0.25, -0.2) is 0 Å².